The van der Waals surface area contributed by atoms with Crippen molar-refractivity contribution in [3.05, 3.63) is 47.7 Å². The maximum absolute atomic E-state index is 12.0. The molecule has 2 heterocycles. The molecule has 0 atom stereocenters. The number of pyridine rings is 1. The first-order valence-electron chi connectivity index (χ1n) is 7.86. The molecule has 2 N–H and O–H groups in total. The molecule has 26 heavy (non-hydrogen) atoms. The third-order valence-corrected chi connectivity index (χ3v) is 4.57. The van der Waals surface area contributed by atoms with Crippen LogP contribution in [0.5, 0.6) is 0 Å². The lowest BCUT2D eigenvalue weighted by Crippen LogP contribution is -2.37. The van der Waals surface area contributed by atoms with E-state index in [0.717, 1.165) is 21.3 Å². The summed E-state index contributed by atoms with van der Waals surface area (Å²) in [6.45, 7) is -0.234. The van der Waals surface area contributed by atoms with Gasteiger partial charge in [-0.2, -0.15) is 5.26 Å². The summed E-state index contributed by atoms with van der Waals surface area (Å²) in [5.41, 5.74) is 2.89. The number of nitriles is 1. The molecular weight excluding hydrogens is 350 g/mol. The molecule has 0 fully saturated rings. The minimum Gasteiger partial charge on any atom is -0.347 e. The van der Waals surface area contributed by atoms with Gasteiger partial charge in [-0.1, -0.05) is 12.1 Å². The highest BCUT2D eigenvalue weighted by atomic mass is 32.1. The van der Waals surface area contributed by atoms with Crippen molar-refractivity contribution in [2.75, 3.05) is 13.1 Å². The first-order valence-corrected chi connectivity index (χ1v) is 8.67. The smallest absolute Gasteiger partial charge is 0.240 e. The Morgan fingerprint density at radius 1 is 1.15 bits per heavy atom. The second kappa shape index (κ2) is 8.18. The molecule has 1 aromatic carbocycles. The van der Waals surface area contributed by atoms with Gasteiger partial charge in [0.2, 0.25) is 11.8 Å². The Hall–Kier alpha value is -3.31. The molecule has 0 aliphatic carbocycles. The van der Waals surface area contributed by atoms with Gasteiger partial charge in [0.15, 0.2) is 0 Å². The number of benzene rings is 1. The molecule has 0 saturated carbocycles. The zero-order valence-electron chi connectivity index (χ0n) is 13.7. The predicted molar refractivity (Wildman–Crippen MR) is 98.2 cm³/mol. The molecule has 7 nitrogen and oxygen atoms in total. The summed E-state index contributed by atoms with van der Waals surface area (Å²) in [6, 6.07) is 11.6. The van der Waals surface area contributed by atoms with Gasteiger partial charge in [-0.25, -0.2) is 4.98 Å². The first-order chi connectivity index (χ1) is 12.7. The van der Waals surface area contributed by atoms with Crippen LogP contribution in [0.2, 0.25) is 0 Å². The second-order valence-corrected chi connectivity index (χ2v) is 6.54. The SMILES string of the molecule is N#CCNC(=O)CNC(=O)Cc1nc2ccc(-c3cccnc3)cc2s1. The molecular formula is C18H15N5O2S. The number of hydrogen-bond donors (Lipinski definition) is 2. The minimum absolute atomic E-state index is 0.0775. The maximum atomic E-state index is 12.0. The number of aromatic nitrogens is 2. The van der Waals surface area contributed by atoms with Crippen LogP contribution in [-0.2, 0) is 16.0 Å². The average molecular weight is 365 g/mol. The average Bonchev–Trinajstić information content (AvgIpc) is 3.06. The van der Waals surface area contributed by atoms with Crippen molar-refractivity contribution in [3.63, 3.8) is 0 Å². The number of carbonyl (C=O) groups is 2. The highest BCUT2D eigenvalue weighted by Gasteiger charge is 2.11. The number of nitrogens with zero attached hydrogens (tertiary/aromatic N) is 3. The molecule has 2 amide bonds. The van der Waals surface area contributed by atoms with E-state index >= 15 is 0 Å². The highest BCUT2D eigenvalue weighted by molar-refractivity contribution is 7.18. The van der Waals surface area contributed by atoms with E-state index in [4.69, 9.17) is 5.26 Å². The Balaban J connectivity index is 1.65. The molecule has 3 aromatic rings. The van der Waals surface area contributed by atoms with Gasteiger partial charge in [0.05, 0.1) is 29.3 Å². The number of amides is 2. The number of fused-ring (bicyclic) bond motifs is 1. The lowest BCUT2D eigenvalue weighted by Gasteiger charge is -2.03. The normalized spacial score (nSPS) is 10.3. The van der Waals surface area contributed by atoms with Crippen molar-refractivity contribution in [1.82, 2.24) is 20.6 Å². The maximum Gasteiger partial charge on any atom is 0.240 e. The lowest BCUT2D eigenvalue weighted by atomic mass is 10.1. The van der Waals surface area contributed by atoms with Crippen LogP contribution in [-0.4, -0.2) is 34.9 Å². The summed E-state index contributed by atoms with van der Waals surface area (Å²) in [5.74, 6) is -0.686. The number of hydrogen-bond acceptors (Lipinski definition) is 6. The second-order valence-electron chi connectivity index (χ2n) is 5.42. The Labute approximate surface area is 153 Å². The third-order valence-electron chi connectivity index (χ3n) is 3.55. The van der Waals surface area contributed by atoms with Gasteiger partial charge >= 0.3 is 0 Å². The lowest BCUT2D eigenvalue weighted by molar-refractivity contribution is -0.125. The van der Waals surface area contributed by atoms with E-state index in [1.54, 1.807) is 18.5 Å². The Morgan fingerprint density at radius 3 is 2.81 bits per heavy atom. The largest absolute Gasteiger partial charge is 0.347 e. The van der Waals surface area contributed by atoms with Crippen molar-refractivity contribution in [3.8, 4) is 17.2 Å². The van der Waals surface area contributed by atoms with Crippen molar-refractivity contribution in [1.29, 1.82) is 5.26 Å². The fourth-order valence-corrected chi connectivity index (χ4v) is 3.35. The first kappa shape index (κ1) is 17.5. The summed E-state index contributed by atoms with van der Waals surface area (Å²) in [6.07, 6.45) is 3.63. The predicted octanol–water partition coefficient (Wildman–Crippen LogP) is 1.66. The van der Waals surface area contributed by atoms with Crippen LogP contribution in [0.1, 0.15) is 5.01 Å². The quantitative estimate of drug-likeness (QED) is 0.646. The van der Waals surface area contributed by atoms with Crippen LogP contribution >= 0.6 is 11.3 Å². The molecule has 8 heteroatoms. The Morgan fingerprint density at radius 2 is 2.04 bits per heavy atom. The molecule has 0 radical (unpaired) electrons. The molecule has 0 aliphatic heterocycles. The molecule has 3 rings (SSSR count). The van der Waals surface area contributed by atoms with Crippen molar-refractivity contribution >= 4 is 33.4 Å². The summed E-state index contributed by atoms with van der Waals surface area (Å²) in [4.78, 5) is 31.9. The van der Waals surface area contributed by atoms with Gasteiger partial charge in [-0.3, -0.25) is 14.6 Å². The van der Waals surface area contributed by atoms with E-state index in [1.807, 2.05) is 30.3 Å². The third kappa shape index (κ3) is 4.40. The van der Waals surface area contributed by atoms with Gasteiger partial charge in [-0.15, -0.1) is 11.3 Å². The van der Waals surface area contributed by atoms with E-state index in [0.29, 0.717) is 5.01 Å². The number of nitrogens with one attached hydrogen (secondary N) is 2. The molecule has 130 valence electrons. The Kier molecular flexibility index (Phi) is 5.51. The van der Waals surface area contributed by atoms with Crippen LogP contribution in [0, 0.1) is 11.3 Å². The zero-order valence-corrected chi connectivity index (χ0v) is 14.5. The molecule has 2 aromatic heterocycles. The van der Waals surface area contributed by atoms with E-state index in [1.165, 1.54) is 11.3 Å². The molecule has 0 saturated heterocycles. The minimum atomic E-state index is -0.398. The molecule has 0 unspecified atom stereocenters. The number of carbonyl (C=O) groups excluding carboxylic acids is 2. The van der Waals surface area contributed by atoms with Gasteiger partial charge in [0, 0.05) is 18.0 Å². The number of rotatable bonds is 6. The molecule has 0 spiro atoms. The summed E-state index contributed by atoms with van der Waals surface area (Å²) < 4.78 is 0.987. The van der Waals surface area contributed by atoms with Crippen molar-refractivity contribution < 1.29 is 9.59 Å². The fraction of sp³-hybridized carbons (Fsp3) is 0.167. The van der Waals surface area contributed by atoms with Crippen LogP contribution in [0.25, 0.3) is 21.3 Å². The van der Waals surface area contributed by atoms with E-state index in [9.17, 15) is 9.59 Å². The van der Waals surface area contributed by atoms with Gasteiger partial charge < -0.3 is 10.6 Å². The monoisotopic (exact) mass is 365 g/mol. The van der Waals surface area contributed by atoms with E-state index in [2.05, 4.69) is 20.6 Å². The summed E-state index contributed by atoms with van der Waals surface area (Å²) >= 11 is 1.45. The highest BCUT2D eigenvalue weighted by Crippen LogP contribution is 2.28. The summed E-state index contributed by atoms with van der Waals surface area (Å²) in [5, 5.41) is 13.9. The van der Waals surface area contributed by atoms with E-state index < -0.39 is 5.91 Å². The van der Waals surface area contributed by atoms with Crippen LogP contribution in [0.4, 0.5) is 0 Å². The molecule has 0 aliphatic rings. The van der Waals surface area contributed by atoms with Crippen molar-refractivity contribution in [2.45, 2.75) is 6.42 Å². The number of thiazole rings is 1. The van der Waals surface area contributed by atoms with E-state index in [-0.39, 0.29) is 25.4 Å². The van der Waals surface area contributed by atoms with Crippen LogP contribution < -0.4 is 10.6 Å². The molecule has 0 bridgehead atoms. The standard InChI is InChI=1S/C18H15N5O2S/c19-5-7-21-17(25)11-22-16(24)9-18-23-14-4-3-12(8-15(14)26-18)13-2-1-6-20-10-13/h1-4,6,8,10H,7,9,11H2,(H,21,25)(H,22,24). The van der Waals surface area contributed by atoms with Crippen LogP contribution in [0.3, 0.4) is 0 Å². The Bertz CT molecular complexity index is 978. The van der Waals surface area contributed by atoms with Crippen molar-refractivity contribution in [2.24, 2.45) is 0 Å². The topological polar surface area (TPSA) is 108 Å². The fourth-order valence-electron chi connectivity index (χ4n) is 2.34. The van der Waals surface area contributed by atoms with Gasteiger partial charge in [0.1, 0.15) is 11.6 Å². The van der Waals surface area contributed by atoms with Gasteiger partial charge in [0.25, 0.3) is 0 Å². The summed E-state index contributed by atoms with van der Waals surface area (Å²) in [7, 11) is 0. The van der Waals surface area contributed by atoms with Crippen LogP contribution in [0.15, 0.2) is 42.7 Å². The zero-order chi connectivity index (χ0) is 18.4. The van der Waals surface area contributed by atoms with Gasteiger partial charge in [-0.05, 0) is 23.8 Å².